The Hall–Kier alpha value is -2.41. The summed E-state index contributed by atoms with van der Waals surface area (Å²) in [6, 6.07) is 4.48. The number of nitrogens with two attached hydrogens (primary N) is 1. The van der Waals surface area contributed by atoms with Crippen LogP contribution in [0.5, 0.6) is 0 Å². The van der Waals surface area contributed by atoms with Gasteiger partial charge >= 0.3 is 0 Å². The summed E-state index contributed by atoms with van der Waals surface area (Å²) >= 11 is 5.85. The van der Waals surface area contributed by atoms with E-state index >= 15 is 0 Å². The third-order valence-corrected chi connectivity index (χ3v) is 3.49. The van der Waals surface area contributed by atoms with Crippen molar-refractivity contribution in [3.05, 3.63) is 40.4 Å². The quantitative estimate of drug-likeness (QED) is 0.797. The molecule has 1 aliphatic rings. The van der Waals surface area contributed by atoms with Crippen molar-refractivity contribution in [1.82, 2.24) is 15.2 Å². The summed E-state index contributed by atoms with van der Waals surface area (Å²) in [6.07, 6.45) is 2.13. The van der Waals surface area contributed by atoms with Gasteiger partial charge in [-0.05, 0) is 31.0 Å². The lowest BCUT2D eigenvalue weighted by molar-refractivity contribution is 0.0994. The molecule has 1 heterocycles. The number of carbonyl (C=O) groups is 2. The zero-order chi connectivity index (χ0) is 15.0. The van der Waals surface area contributed by atoms with Crippen molar-refractivity contribution in [3.63, 3.8) is 0 Å². The molecule has 1 aromatic carbocycles. The zero-order valence-electron chi connectivity index (χ0n) is 10.9. The molecule has 3 rings (SSSR count). The molecule has 1 aliphatic carbocycles. The van der Waals surface area contributed by atoms with Crippen LogP contribution in [0.4, 0.5) is 5.69 Å². The molecule has 1 fully saturated rings. The number of anilines is 1. The van der Waals surface area contributed by atoms with Gasteiger partial charge in [-0.15, -0.1) is 5.10 Å². The monoisotopic (exact) mass is 305 g/mol. The molecule has 8 heteroatoms. The van der Waals surface area contributed by atoms with Crippen molar-refractivity contribution in [2.24, 2.45) is 5.73 Å². The number of halogens is 1. The molecule has 0 saturated heterocycles. The maximum atomic E-state index is 12.0. The van der Waals surface area contributed by atoms with Crippen LogP contribution >= 0.6 is 11.6 Å². The van der Waals surface area contributed by atoms with Crippen LogP contribution in [-0.2, 0) is 0 Å². The summed E-state index contributed by atoms with van der Waals surface area (Å²) in [5, 5.41) is 9.47. The minimum absolute atomic E-state index is 0.0625. The van der Waals surface area contributed by atoms with Crippen LogP contribution in [0.2, 0.25) is 5.02 Å². The van der Waals surface area contributed by atoms with E-state index in [0.29, 0.717) is 11.6 Å². The predicted molar refractivity (Wildman–Crippen MR) is 76.3 cm³/mol. The van der Waals surface area contributed by atoms with Gasteiger partial charge in [-0.2, -0.15) is 0 Å². The van der Waals surface area contributed by atoms with Gasteiger partial charge in [-0.3, -0.25) is 14.7 Å². The van der Waals surface area contributed by atoms with Crippen LogP contribution < -0.4 is 11.1 Å². The van der Waals surface area contributed by atoms with Crippen LogP contribution in [0, 0.1) is 0 Å². The number of nitrogens with zero attached hydrogens (tertiary/aromatic N) is 2. The molecule has 21 heavy (non-hydrogen) atoms. The Morgan fingerprint density at radius 3 is 2.81 bits per heavy atom. The third-order valence-electron chi connectivity index (χ3n) is 3.16. The van der Waals surface area contributed by atoms with E-state index in [0.717, 1.165) is 18.7 Å². The van der Waals surface area contributed by atoms with Crippen molar-refractivity contribution < 1.29 is 9.59 Å². The summed E-state index contributed by atoms with van der Waals surface area (Å²) in [5.74, 6) is 0.0542. The minimum atomic E-state index is -0.662. The second-order valence-corrected chi connectivity index (χ2v) is 5.24. The number of nitrogens with one attached hydrogen (secondary N) is 2. The van der Waals surface area contributed by atoms with E-state index in [1.54, 1.807) is 6.07 Å². The molecule has 1 aromatic heterocycles. The fraction of sp³-hybridized carbons (Fsp3) is 0.231. The lowest BCUT2D eigenvalue weighted by Crippen LogP contribution is -2.16. The topological polar surface area (TPSA) is 114 Å². The summed E-state index contributed by atoms with van der Waals surface area (Å²) in [4.78, 5) is 27.4. The predicted octanol–water partition coefficient (Wildman–Crippen LogP) is 1.69. The molecular weight excluding hydrogens is 294 g/mol. The molecule has 4 N–H and O–H groups in total. The molecule has 0 atom stereocenters. The molecular formula is C13H12ClN5O2. The highest BCUT2D eigenvalue weighted by Gasteiger charge is 2.28. The lowest BCUT2D eigenvalue weighted by Gasteiger charge is -2.05. The Kier molecular flexibility index (Phi) is 3.34. The zero-order valence-corrected chi connectivity index (χ0v) is 11.6. The Labute approximate surface area is 124 Å². The Morgan fingerprint density at radius 1 is 1.38 bits per heavy atom. The molecule has 0 radical (unpaired) electrons. The van der Waals surface area contributed by atoms with Crippen molar-refractivity contribution in [3.8, 4) is 0 Å². The number of rotatable bonds is 4. The van der Waals surface area contributed by atoms with E-state index < -0.39 is 11.8 Å². The molecule has 0 aliphatic heterocycles. The van der Waals surface area contributed by atoms with Crippen LogP contribution in [0.15, 0.2) is 18.2 Å². The number of amides is 2. The van der Waals surface area contributed by atoms with Gasteiger partial charge in [-0.25, -0.2) is 4.98 Å². The van der Waals surface area contributed by atoms with E-state index in [1.165, 1.54) is 12.1 Å². The second-order valence-electron chi connectivity index (χ2n) is 4.83. The molecule has 1 saturated carbocycles. The number of carbonyl (C=O) groups excluding carboxylic acids is 2. The standard InChI is InChI=1S/C13H12ClN5O2/c14-9-4-3-7(5-8(9)10(15)20)16-13(21)12-17-11(18-19-12)6-1-2-6/h3-6H,1-2H2,(H2,15,20)(H,16,21)(H,17,18,19). The van der Waals surface area contributed by atoms with Gasteiger partial charge in [0.05, 0.1) is 10.6 Å². The molecule has 7 nitrogen and oxygen atoms in total. The number of benzene rings is 1. The number of aromatic amines is 1. The Bertz CT molecular complexity index is 723. The van der Waals surface area contributed by atoms with E-state index in [2.05, 4.69) is 20.5 Å². The molecule has 2 amide bonds. The van der Waals surface area contributed by atoms with Gasteiger partial charge in [-0.1, -0.05) is 11.6 Å². The van der Waals surface area contributed by atoms with Gasteiger partial charge in [0.15, 0.2) is 0 Å². The number of H-pyrrole nitrogens is 1. The SMILES string of the molecule is NC(=O)c1cc(NC(=O)c2n[nH]c(C3CC3)n2)ccc1Cl. The van der Waals surface area contributed by atoms with E-state index in [-0.39, 0.29) is 16.4 Å². The number of hydrogen-bond acceptors (Lipinski definition) is 4. The number of primary amides is 1. The first kappa shape index (κ1) is 13.6. The highest BCUT2D eigenvalue weighted by molar-refractivity contribution is 6.34. The Balaban J connectivity index is 1.77. The highest BCUT2D eigenvalue weighted by Crippen LogP contribution is 2.37. The highest BCUT2D eigenvalue weighted by atomic mass is 35.5. The largest absolute Gasteiger partial charge is 0.366 e. The van der Waals surface area contributed by atoms with Crippen LogP contribution in [0.3, 0.4) is 0 Å². The first-order chi connectivity index (χ1) is 10.0. The fourth-order valence-electron chi connectivity index (χ4n) is 1.89. The number of aromatic nitrogens is 3. The normalized spacial score (nSPS) is 14.0. The van der Waals surface area contributed by atoms with Crippen molar-refractivity contribution in [1.29, 1.82) is 0 Å². The van der Waals surface area contributed by atoms with Crippen molar-refractivity contribution in [2.75, 3.05) is 5.32 Å². The maximum absolute atomic E-state index is 12.0. The van der Waals surface area contributed by atoms with Crippen LogP contribution in [0.25, 0.3) is 0 Å². The minimum Gasteiger partial charge on any atom is -0.366 e. The summed E-state index contributed by atoms with van der Waals surface area (Å²) in [6.45, 7) is 0. The Morgan fingerprint density at radius 2 is 2.14 bits per heavy atom. The van der Waals surface area contributed by atoms with Gasteiger partial charge in [0.25, 0.3) is 5.91 Å². The third kappa shape index (κ3) is 2.87. The average molecular weight is 306 g/mol. The van der Waals surface area contributed by atoms with Gasteiger partial charge < -0.3 is 11.1 Å². The van der Waals surface area contributed by atoms with E-state index in [4.69, 9.17) is 17.3 Å². The smallest absolute Gasteiger partial charge is 0.295 e. The van der Waals surface area contributed by atoms with Crippen LogP contribution in [-0.4, -0.2) is 27.0 Å². The van der Waals surface area contributed by atoms with E-state index in [9.17, 15) is 9.59 Å². The fourth-order valence-corrected chi connectivity index (χ4v) is 2.10. The first-order valence-electron chi connectivity index (χ1n) is 6.37. The van der Waals surface area contributed by atoms with Crippen LogP contribution in [0.1, 0.15) is 45.6 Å². The van der Waals surface area contributed by atoms with Gasteiger partial charge in [0.2, 0.25) is 11.7 Å². The summed E-state index contributed by atoms with van der Waals surface area (Å²) in [7, 11) is 0. The van der Waals surface area contributed by atoms with Crippen molar-refractivity contribution in [2.45, 2.75) is 18.8 Å². The second kappa shape index (κ2) is 5.17. The molecule has 2 aromatic rings. The summed E-state index contributed by atoms with van der Waals surface area (Å²) in [5.41, 5.74) is 5.74. The summed E-state index contributed by atoms with van der Waals surface area (Å²) < 4.78 is 0. The average Bonchev–Trinajstić information content (AvgIpc) is 3.18. The first-order valence-corrected chi connectivity index (χ1v) is 6.75. The maximum Gasteiger partial charge on any atom is 0.295 e. The van der Waals surface area contributed by atoms with E-state index in [1.807, 2.05) is 0 Å². The van der Waals surface area contributed by atoms with Crippen molar-refractivity contribution >= 4 is 29.1 Å². The molecule has 0 spiro atoms. The molecule has 108 valence electrons. The lowest BCUT2D eigenvalue weighted by atomic mass is 10.2. The molecule has 0 bridgehead atoms. The van der Waals surface area contributed by atoms with Gasteiger partial charge in [0.1, 0.15) is 5.82 Å². The van der Waals surface area contributed by atoms with Gasteiger partial charge in [0, 0.05) is 11.6 Å². The number of hydrogen-bond donors (Lipinski definition) is 3. The molecule has 0 unspecified atom stereocenters.